The number of hydrogen-bond acceptors (Lipinski definition) is 3. The zero-order valence-electron chi connectivity index (χ0n) is 10.1. The van der Waals surface area contributed by atoms with Gasteiger partial charge in [0.15, 0.2) is 5.54 Å². The van der Waals surface area contributed by atoms with E-state index < -0.39 is 11.5 Å². The Balaban J connectivity index is 2.98. The number of aliphatic carboxylic acids is 1. The van der Waals surface area contributed by atoms with Gasteiger partial charge in [-0.15, -0.1) is 0 Å². The van der Waals surface area contributed by atoms with Crippen LogP contribution in [-0.2, 0) is 9.53 Å². The number of rotatable bonds is 5. The normalized spacial score (nSPS) is 14.1. The first-order valence-corrected chi connectivity index (χ1v) is 5.16. The highest BCUT2D eigenvalue weighted by Crippen LogP contribution is 2.21. The lowest BCUT2D eigenvalue weighted by Gasteiger charge is -2.27. The average Bonchev–Trinajstić information content (AvgIpc) is 2.22. The molecule has 0 radical (unpaired) electrons. The smallest absolute Gasteiger partial charge is 0.331 e. The lowest BCUT2D eigenvalue weighted by Crippen LogP contribution is -2.47. The van der Waals surface area contributed by atoms with Crippen LogP contribution in [0.25, 0.3) is 0 Å². The van der Waals surface area contributed by atoms with Gasteiger partial charge in [0, 0.05) is 12.8 Å². The number of nitrogens with one attached hydrogen (secondary N) is 1. The molecular weight excluding hydrogens is 225 g/mol. The van der Waals surface area contributed by atoms with Crippen molar-refractivity contribution in [2.75, 3.05) is 19.0 Å². The third-order valence-corrected chi connectivity index (χ3v) is 2.50. The minimum Gasteiger partial charge on any atom is -0.479 e. The van der Waals surface area contributed by atoms with Gasteiger partial charge in [-0.3, -0.25) is 0 Å². The molecule has 1 unspecified atom stereocenters. The summed E-state index contributed by atoms with van der Waals surface area (Å²) in [5.41, 5.74) is -0.0147. The summed E-state index contributed by atoms with van der Waals surface area (Å²) in [5.74, 6) is -1.38. The fourth-order valence-electron chi connectivity index (χ4n) is 1.50. The van der Waals surface area contributed by atoms with Crippen LogP contribution in [0.15, 0.2) is 18.2 Å². The molecule has 0 fully saturated rings. The summed E-state index contributed by atoms with van der Waals surface area (Å²) in [7, 11) is 1.43. The highest BCUT2D eigenvalue weighted by Gasteiger charge is 2.33. The molecule has 1 atom stereocenters. The lowest BCUT2D eigenvalue weighted by atomic mass is 10.0. The van der Waals surface area contributed by atoms with E-state index in [1.807, 2.05) is 0 Å². The van der Waals surface area contributed by atoms with Gasteiger partial charge in [0.05, 0.1) is 6.61 Å². The van der Waals surface area contributed by atoms with Crippen LogP contribution in [0.4, 0.5) is 10.1 Å². The van der Waals surface area contributed by atoms with Crippen molar-refractivity contribution in [1.29, 1.82) is 0 Å². The number of anilines is 1. The molecule has 0 aromatic heterocycles. The van der Waals surface area contributed by atoms with Gasteiger partial charge < -0.3 is 15.2 Å². The minimum absolute atomic E-state index is 0.0130. The van der Waals surface area contributed by atoms with E-state index in [-0.39, 0.29) is 12.4 Å². The van der Waals surface area contributed by atoms with E-state index in [1.165, 1.54) is 32.2 Å². The van der Waals surface area contributed by atoms with Crippen molar-refractivity contribution in [3.63, 3.8) is 0 Å². The van der Waals surface area contributed by atoms with Gasteiger partial charge >= 0.3 is 5.97 Å². The van der Waals surface area contributed by atoms with Crippen LogP contribution in [-0.4, -0.2) is 30.3 Å². The highest BCUT2D eigenvalue weighted by atomic mass is 19.1. The highest BCUT2D eigenvalue weighted by molar-refractivity contribution is 5.82. The van der Waals surface area contributed by atoms with Gasteiger partial charge in [-0.2, -0.15) is 0 Å². The standard InChI is InChI=1S/C12H16FNO3/c1-8-6-9(13)4-5-10(8)14-12(2,7-17-3)11(15)16/h4-6,14H,7H2,1-3H3,(H,15,16). The molecule has 1 aromatic carbocycles. The molecule has 0 aliphatic carbocycles. The third-order valence-electron chi connectivity index (χ3n) is 2.50. The van der Waals surface area contributed by atoms with Crippen LogP contribution < -0.4 is 5.32 Å². The summed E-state index contributed by atoms with van der Waals surface area (Å²) in [6, 6.07) is 4.14. The number of ether oxygens (including phenoxy) is 1. The first-order chi connectivity index (χ1) is 7.89. The second-order valence-electron chi connectivity index (χ2n) is 4.15. The van der Waals surface area contributed by atoms with Crippen LogP contribution >= 0.6 is 0 Å². The van der Waals surface area contributed by atoms with Gasteiger partial charge in [-0.05, 0) is 37.6 Å². The van der Waals surface area contributed by atoms with Crippen molar-refractivity contribution < 1.29 is 19.0 Å². The first kappa shape index (κ1) is 13.4. The maximum absolute atomic E-state index is 12.9. The maximum atomic E-state index is 12.9. The predicted molar refractivity (Wildman–Crippen MR) is 62.7 cm³/mol. The van der Waals surface area contributed by atoms with Crippen molar-refractivity contribution in [3.05, 3.63) is 29.6 Å². The van der Waals surface area contributed by atoms with E-state index in [1.54, 1.807) is 6.92 Å². The summed E-state index contributed by atoms with van der Waals surface area (Å²) < 4.78 is 17.8. The maximum Gasteiger partial charge on any atom is 0.331 e. The second kappa shape index (κ2) is 5.14. The van der Waals surface area contributed by atoms with Crippen LogP contribution in [0, 0.1) is 12.7 Å². The molecule has 1 aromatic rings. The Morgan fingerprint density at radius 2 is 2.24 bits per heavy atom. The molecule has 0 heterocycles. The number of benzene rings is 1. The van der Waals surface area contributed by atoms with Crippen molar-refractivity contribution in [1.82, 2.24) is 0 Å². The topological polar surface area (TPSA) is 58.6 Å². The Labute approximate surface area is 99.4 Å². The summed E-state index contributed by atoms with van der Waals surface area (Å²) in [6.07, 6.45) is 0. The largest absolute Gasteiger partial charge is 0.479 e. The molecule has 0 aliphatic heterocycles. The number of carboxylic acids is 1. The van der Waals surface area contributed by atoms with Crippen LogP contribution in [0.3, 0.4) is 0 Å². The number of hydrogen-bond donors (Lipinski definition) is 2. The first-order valence-electron chi connectivity index (χ1n) is 5.16. The fourth-order valence-corrected chi connectivity index (χ4v) is 1.50. The summed E-state index contributed by atoms with van der Waals surface area (Å²) in [4.78, 5) is 11.2. The molecule has 0 bridgehead atoms. The second-order valence-corrected chi connectivity index (χ2v) is 4.15. The number of halogens is 1. The van der Waals surface area contributed by atoms with Gasteiger partial charge in [-0.1, -0.05) is 0 Å². The van der Waals surface area contributed by atoms with E-state index >= 15 is 0 Å². The fraction of sp³-hybridized carbons (Fsp3) is 0.417. The van der Waals surface area contributed by atoms with Crippen LogP contribution in [0.2, 0.25) is 0 Å². The number of aryl methyl sites for hydroxylation is 1. The molecule has 94 valence electrons. The van der Waals surface area contributed by atoms with Crippen molar-refractivity contribution in [2.45, 2.75) is 19.4 Å². The van der Waals surface area contributed by atoms with Gasteiger partial charge in [0.2, 0.25) is 0 Å². The zero-order chi connectivity index (χ0) is 13.1. The molecular formula is C12H16FNO3. The van der Waals surface area contributed by atoms with E-state index in [9.17, 15) is 9.18 Å². The van der Waals surface area contributed by atoms with Crippen molar-refractivity contribution in [2.24, 2.45) is 0 Å². The van der Waals surface area contributed by atoms with Gasteiger partial charge in [-0.25, -0.2) is 9.18 Å². The van der Waals surface area contributed by atoms with Gasteiger partial charge in [0.25, 0.3) is 0 Å². The molecule has 0 amide bonds. The zero-order valence-corrected chi connectivity index (χ0v) is 10.1. The monoisotopic (exact) mass is 241 g/mol. The molecule has 17 heavy (non-hydrogen) atoms. The average molecular weight is 241 g/mol. The number of methoxy groups -OCH3 is 1. The molecule has 4 nitrogen and oxygen atoms in total. The molecule has 0 saturated heterocycles. The molecule has 1 rings (SSSR count). The third kappa shape index (κ3) is 3.17. The Hall–Kier alpha value is -1.62. The Morgan fingerprint density at radius 1 is 1.59 bits per heavy atom. The predicted octanol–water partition coefficient (Wildman–Crippen LogP) is 2.04. The van der Waals surface area contributed by atoms with Crippen LogP contribution in [0.1, 0.15) is 12.5 Å². The minimum atomic E-state index is -1.24. The molecule has 5 heteroatoms. The van der Waals surface area contributed by atoms with E-state index in [4.69, 9.17) is 9.84 Å². The van der Waals surface area contributed by atoms with Gasteiger partial charge in [0.1, 0.15) is 5.82 Å². The summed E-state index contributed by atoms with van der Waals surface area (Å²) in [6.45, 7) is 3.24. The lowest BCUT2D eigenvalue weighted by molar-refractivity contribution is -0.143. The van der Waals surface area contributed by atoms with Crippen molar-refractivity contribution >= 4 is 11.7 Å². The molecule has 0 saturated carbocycles. The summed E-state index contributed by atoms with van der Waals surface area (Å²) in [5, 5.41) is 12.0. The Bertz CT molecular complexity index is 422. The SMILES string of the molecule is COCC(C)(Nc1ccc(F)cc1C)C(=O)O. The Kier molecular flexibility index (Phi) is 4.07. The molecule has 0 spiro atoms. The van der Waals surface area contributed by atoms with E-state index in [2.05, 4.69) is 5.32 Å². The van der Waals surface area contributed by atoms with Crippen LogP contribution in [0.5, 0.6) is 0 Å². The van der Waals surface area contributed by atoms with E-state index in [0.717, 1.165) is 0 Å². The van der Waals surface area contributed by atoms with E-state index in [0.29, 0.717) is 11.3 Å². The molecule has 2 N–H and O–H groups in total. The molecule has 0 aliphatic rings. The summed E-state index contributed by atoms with van der Waals surface area (Å²) >= 11 is 0. The number of carbonyl (C=O) groups is 1. The van der Waals surface area contributed by atoms with Crippen molar-refractivity contribution in [3.8, 4) is 0 Å². The number of carboxylic acid groups (broad SMARTS) is 1. The Morgan fingerprint density at radius 3 is 2.71 bits per heavy atom. The quantitative estimate of drug-likeness (QED) is 0.828.